The van der Waals surface area contributed by atoms with Gasteiger partial charge in [0.2, 0.25) is 5.91 Å². The molecule has 8 heteroatoms. The fourth-order valence-corrected chi connectivity index (χ4v) is 3.17. The van der Waals surface area contributed by atoms with Gasteiger partial charge in [0.1, 0.15) is 0 Å². The largest absolute Gasteiger partial charge is 0.481 e. The lowest BCUT2D eigenvalue weighted by atomic mass is 9.86. The lowest BCUT2D eigenvalue weighted by Gasteiger charge is -2.26. The molecule has 0 saturated heterocycles. The summed E-state index contributed by atoms with van der Waals surface area (Å²) in [5.74, 6) is -0.342. The molecule has 0 atom stereocenters. The van der Waals surface area contributed by atoms with Gasteiger partial charge in [-0.05, 0) is 60.7 Å². The predicted octanol–water partition coefficient (Wildman–Crippen LogP) is 1.27. The van der Waals surface area contributed by atoms with Gasteiger partial charge in [-0.25, -0.2) is 0 Å². The average Bonchev–Trinajstić information content (AvgIpc) is 3.02. The summed E-state index contributed by atoms with van der Waals surface area (Å²) in [7, 11) is 0. The molecule has 3 rings (SSSR count). The first kappa shape index (κ1) is 17.1. The Labute approximate surface area is 145 Å². The van der Waals surface area contributed by atoms with E-state index in [1.165, 1.54) is 0 Å². The van der Waals surface area contributed by atoms with E-state index in [0.717, 1.165) is 24.1 Å². The Bertz CT molecular complexity index is 748. The van der Waals surface area contributed by atoms with Crippen molar-refractivity contribution in [1.82, 2.24) is 25.5 Å². The first-order valence-corrected chi connectivity index (χ1v) is 8.39. The minimum absolute atomic E-state index is 0.0369. The molecular formula is C17H21N5O3. The zero-order chi connectivity index (χ0) is 17.8. The molecule has 0 bridgehead atoms. The molecule has 1 aromatic heterocycles. The number of carboxylic acid groups (broad SMARTS) is 1. The monoisotopic (exact) mass is 343 g/mol. The van der Waals surface area contributed by atoms with Crippen LogP contribution in [-0.4, -0.2) is 43.2 Å². The Hall–Kier alpha value is -2.77. The normalized spacial score (nSPS) is 20.2. The summed E-state index contributed by atoms with van der Waals surface area (Å²) in [4.78, 5) is 23.2. The highest BCUT2D eigenvalue weighted by Crippen LogP contribution is 2.24. The smallest absolute Gasteiger partial charge is 0.306 e. The van der Waals surface area contributed by atoms with Gasteiger partial charge in [-0.3, -0.25) is 9.59 Å². The van der Waals surface area contributed by atoms with Crippen LogP contribution in [0.15, 0.2) is 24.3 Å². The second-order valence-electron chi connectivity index (χ2n) is 6.44. The van der Waals surface area contributed by atoms with E-state index in [-0.39, 0.29) is 17.9 Å². The molecule has 1 aliphatic rings. The highest BCUT2D eigenvalue weighted by atomic mass is 16.4. The molecule has 1 heterocycles. The zero-order valence-corrected chi connectivity index (χ0v) is 14.1. The Morgan fingerprint density at radius 2 is 1.88 bits per heavy atom. The second kappa shape index (κ2) is 7.42. The highest BCUT2D eigenvalue weighted by molar-refractivity contribution is 5.79. The molecule has 1 amide bonds. The summed E-state index contributed by atoms with van der Waals surface area (Å²) in [5.41, 5.74) is 1.75. The quantitative estimate of drug-likeness (QED) is 0.846. The van der Waals surface area contributed by atoms with Crippen molar-refractivity contribution in [2.24, 2.45) is 5.92 Å². The van der Waals surface area contributed by atoms with E-state index in [4.69, 9.17) is 5.11 Å². The van der Waals surface area contributed by atoms with E-state index in [0.29, 0.717) is 25.1 Å². The number of aliphatic carboxylic acids is 1. The van der Waals surface area contributed by atoms with Crippen molar-refractivity contribution in [3.05, 3.63) is 35.7 Å². The molecule has 1 saturated carbocycles. The average molecular weight is 343 g/mol. The van der Waals surface area contributed by atoms with Crippen molar-refractivity contribution in [1.29, 1.82) is 0 Å². The standard InChI is InChI=1S/C17H21N5O3/c1-11-19-20-21-22(11)15-8-2-12(3-9-15)10-16(23)18-14-6-4-13(5-7-14)17(24)25/h2-3,8-9,13-14H,4-7,10H2,1H3,(H,18,23)(H,24,25). The summed E-state index contributed by atoms with van der Waals surface area (Å²) in [6.07, 6.45) is 2.99. The summed E-state index contributed by atoms with van der Waals surface area (Å²) in [6, 6.07) is 7.61. The van der Waals surface area contributed by atoms with Crippen LogP contribution in [0.1, 0.15) is 37.1 Å². The molecule has 0 radical (unpaired) electrons. The van der Waals surface area contributed by atoms with Gasteiger partial charge < -0.3 is 10.4 Å². The van der Waals surface area contributed by atoms with Crippen LogP contribution < -0.4 is 5.32 Å². The lowest BCUT2D eigenvalue weighted by molar-refractivity contribution is -0.142. The molecule has 0 unspecified atom stereocenters. The topological polar surface area (TPSA) is 110 Å². The zero-order valence-electron chi connectivity index (χ0n) is 14.1. The third-order valence-electron chi connectivity index (χ3n) is 4.61. The van der Waals surface area contributed by atoms with Crippen molar-refractivity contribution in [3.63, 3.8) is 0 Å². The number of carbonyl (C=O) groups excluding carboxylic acids is 1. The van der Waals surface area contributed by atoms with E-state index >= 15 is 0 Å². The van der Waals surface area contributed by atoms with E-state index in [1.807, 2.05) is 31.2 Å². The van der Waals surface area contributed by atoms with E-state index in [1.54, 1.807) is 4.68 Å². The van der Waals surface area contributed by atoms with Gasteiger partial charge in [-0.1, -0.05) is 12.1 Å². The molecule has 8 nitrogen and oxygen atoms in total. The number of tetrazole rings is 1. The number of hydrogen-bond donors (Lipinski definition) is 2. The number of carboxylic acids is 1. The minimum atomic E-state index is -0.734. The molecule has 1 fully saturated rings. The molecule has 0 aliphatic heterocycles. The summed E-state index contributed by atoms with van der Waals surface area (Å²) in [6.45, 7) is 1.82. The van der Waals surface area contributed by atoms with Crippen molar-refractivity contribution < 1.29 is 14.7 Å². The van der Waals surface area contributed by atoms with Gasteiger partial charge in [0, 0.05) is 6.04 Å². The van der Waals surface area contributed by atoms with Crippen LogP contribution in [0.3, 0.4) is 0 Å². The number of nitrogens with one attached hydrogen (secondary N) is 1. The van der Waals surface area contributed by atoms with E-state index in [2.05, 4.69) is 20.8 Å². The predicted molar refractivity (Wildman–Crippen MR) is 89.1 cm³/mol. The maximum absolute atomic E-state index is 12.2. The fourth-order valence-electron chi connectivity index (χ4n) is 3.17. The maximum atomic E-state index is 12.2. The third-order valence-corrected chi connectivity index (χ3v) is 4.61. The molecule has 25 heavy (non-hydrogen) atoms. The number of aryl methyl sites for hydroxylation is 1. The van der Waals surface area contributed by atoms with Crippen molar-refractivity contribution >= 4 is 11.9 Å². The maximum Gasteiger partial charge on any atom is 0.306 e. The van der Waals surface area contributed by atoms with Crippen LogP contribution in [0.2, 0.25) is 0 Å². The number of nitrogens with zero attached hydrogens (tertiary/aromatic N) is 4. The van der Waals surface area contributed by atoms with Crippen molar-refractivity contribution in [2.45, 2.75) is 45.1 Å². The minimum Gasteiger partial charge on any atom is -0.481 e. The van der Waals surface area contributed by atoms with E-state index in [9.17, 15) is 9.59 Å². The Morgan fingerprint density at radius 1 is 1.20 bits per heavy atom. The van der Waals surface area contributed by atoms with E-state index < -0.39 is 5.97 Å². The van der Waals surface area contributed by atoms with Crippen LogP contribution in [0.4, 0.5) is 0 Å². The molecule has 132 valence electrons. The second-order valence-corrected chi connectivity index (χ2v) is 6.44. The van der Waals surface area contributed by atoms with Crippen molar-refractivity contribution in [3.8, 4) is 5.69 Å². The Balaban J connectivity index is 1.52. The van der Waals surface area contributed by atoms with Gasteiger partial charge in [-0.2, -0.15) is 4.68 Å². The number of aromatic nitrogens is 4. The SMILES string of the molecule is Cc1nnnn1-c1ccc(CC(=O)NC2CCC(C(=O)O)CC2)cc1. The van der Waals surface area contributed by atoms with Gasteiger partial charge in [0.25, 0.3) is 0 Å². The lowest BCUT2D eigenvalue weighted by Crippen LogP contribution is -2.39. The summed E-state index contributed by atoms with van der Waals surface area (Å²) in [5, 5.41) is 23.4. The number of amides is 1. The fraction of sp³-hybridized carbons (Fsp3) is 0.471. The van der Waals surface area contributed by atoms with Crippen molar-refractivity contribution in [2.75, 3.05) is 0 Å². The van der Waals surface area contributed by atoms with Gasteiger partial charge in [0.05, 0.1) is 18.0 Å². The summed E-state index contributed by atoms with van der Waals surface area (Å²) >= 11 is 0. The molecular weight excluding hydrogens is 322 g/mol. The number of benzene rings is 1. The van der Waals surface area contributed by atoms with Crippen LogP contribution in [0.5, 0.6) is 0 Å². The van der Waals surface area contributed by atoms with Crippen LogP contribution in [-0.2, 0) is 16.0 Å². The van der Waals surface area contributed by atoms with Crippen LogP contribution in [0.25, 0.3) is 5.69 Å². The first-order valence-electron chi connectivity index (χ1n) is 8.39. The molecule has 1 aromatic carbocycles. The number of hydrogen-bond acceptors (Lipinski definition) is 5. The van der Waals surface area contributed by atoms with Crippen LogP contribution >= 0.6 is 0 Å². The summed E-state index contributed by atoms with van der Waals surface area (Å²) < 4.78 is 1.63. The molecule has 2 N–H and O–H groups in total. The highest BCUT2D eigenvalue weighted by Gasteiger charge is 2.26. The first-order chi connectivity index (χ1) is 12.0. The Kier molecular flexibility index (Phi) is 5.06. The third kappa shape index (κ3) is 4.20. The Morgan fingerprint density at radius 3 is 2.44 bits per heavy atom. The number of carbonyl (C=O) groups is 2. The molecule has 0 spiro atoms. The van der Waals surface area contributed by atoms with Gasteiger partial charge >= 0.3 is 5.97 Å². The van der Waals surface area contributed by atoms with Gasteiger partial charge in [-0.15, -0.1) is 5.10 Å². The molecule has 2 aromatic rings. The number of rotatable bonds is 5. The van der Waals surface area contributed by atoms with Crippen LogP contribution in [0, 0.1) is 12.8 Å². The van der Waals surface area contributed by atoms with Gasteiger partial charge in [0.15, 0.2) is 5.82 Å². The molecule has 1 aliphatic carbocycles.